The number of hydrogen-bond donors (Lipinski definition) is 2. The van der Waals surface area contributed by atoms with Crippen LogP contribution in [-0.4, -0.2) is 9.79 Å². The van der Waals surface area contributed by atoms with Crippen molar-refractivity contribution in [1.29, 1.82) is 0 Å². The van der Waals surface area contributed by atoms with Crippen LogP contribution in [0.2, 0.25) is 0 Å². The highest BCUT2D eigenvalue weighted by molar-refractivity contribution is 7.30. The molecule has 3 nitrogen and oxygen atoms in total. The van der Waals surface area contributed by atoms with Crippen LogP contribution in [0.15, 0.2) is 12.4 Å². The van der Waals surface area contributed by atoms with E-state index in [1.54, 1.807) is 0 Å². The smallest absolute Gasteiger partial charge is 0.210 e. The molecule has 0 amide bonds. The quantitative estimate of drug-likeness (QED) is 0.529. The van der Waals surface area contributed by atoms with Gasteiger partial charge in [0.05, 0.1) is 0 Å². The Bertz CT molecular complexity index is 106. The van der Waals surface area contributed by atoms with E-state index in [0.717, 1.165) is 0 Å². The lowest BCUT2D eigenvalue weighted by molar-refractivity contribution is 0.400. The third-order valence-corrected chi connectivity index (χ3v) is 0.0825. The van der Waals surface area contributed by atoms with Gasteiger partial charge in [-0.15, -0.1) is 9.79 Å². The Hall–Kier alpha value is -0.450. The van der Waals surface area contributed by atoms with E-state index in [0.29, 0.717) is 0 Å². The van der Waals surface area contributed by atoms with E-state index in [1.807, 2.05) is 0 Å². The fraction of sp³-hybridized carbons (Fsp3) is 0. The molecular weight excluding hydrogens is 160 g/mol. The molecule has 0 aromatic heterocycles. The molecule has 0 saturated carbocycles. The van der Waals surface area contributed by atoms with Gasteiger partial charge in [0.15, 0.2) is 6.33 Å². The summed E-state index contributed by atoms with van der Waals surface area (Å²) in [4.78, 5) is 14.2. The molecule has 9 heavy (non-hydrogen) atoms. The second kappa shape index (κ2) is 7.55. The van der Waals surface area contributed by atoms with E-state index in [9.17, 15) is 13.2 Å². The standard InChI is InChI=1S/C2HF3.HO3P/c3-1-2(4)5;1-4(2)3/h1H;(H-,1,2,3)/p+1. The average molecular weight is 163 g/mol. The average Bonchev–Trinajstić information content (AvgIpc) is 1.65. The molecule has 0 atom stereocenters. The molecule has 0 rings (SSSR count). The van der Waals surface area contributed by atoms with Crippen molar-refractivity contribution >= 4 is 8.25 Å². The van der Waals surface area contributed by atoms with Crippen molar-refractivity contribution in [2.45, 2.75) is 0 Å². The van der Waals surface area contributed by atoms with Crippen LogP contribution in [0.1, 0.15) is 0 Å². The first-order valence-corrected chi connectivity index (χ1v) is 2.63. The normalized spacial score (nSPS) is 6.78. The topological polar surface area (TPSA) is 57.5 Å². The van der Waals surface area contributed by atoms with Crippen LogP contribution in [0.4, 0.5) is 13.2 Å². The number of halogens is 3. The molecule has 0 aromatic carbocycles. The summed E-state index contributed by atoms with van der Waals surface area (Å²) in [6.45, 7) is 0. The summed E-state index contributed by atoms with van der Waals surface area (Å²) in [6.07, 6.45) is -3.04. The molecule has 0 aliphatic heterocycles. The van der Waals surface area contributed by atoms with Crippen molar-refractivity contribution in [3.8, 4) is 0 Å². The SMILES string of the molecule is FC=C(F)F.O=[P+](O)O. The summed E-state index contributed by atoms with van der Waals surface area (Å²) in [5, 5.41) is 0. The van der Waals surface area contributed by atoms with Gasteiger partial charge in [0.1, 0.15) is 0 Å². The third kappa shape index (κ3) is 96.8. The molecule has 0 aliphatic carbocycles. The zero-order valence-corrected chi connectivity index (χ0v) is 4.86. The van der Waals surface area contributed by atoms with Crippen molar-refractivity contribution < 1.29 is 27.5 Å². The lowest BCUT2D eigenvalue weighted by atomic mass is 11.1. The van der Waals surface area contributed by atoms with Crippen molar-refractivity contribution in [2.24, 2.45) is 0 Å². The van der Waals surface area contributed by atoms with Gasteiger partial charge in [0.25, 0.3) is 6.08 Å². The van der Waals surface area contributed by atoms with Crippen LogP contribution in [0.25, 0.3) is 0 Å². The van der Waals surface area contributed by atoms with Gasteiger partial charge in [-0.3, -0.25) is 0 Å². The molecule has 0 spiro atoms. The predicted molar refractivity (Wildman–Crippen MR) is 23.5 cm³/mol. The van der Waals surface area contributed by atoms with Crippen molar-refractivity contribution in [3.63, 3.8) is 0 Å². The van der Waals surface area contributed by atoms with Crippen molar-refractivity contribution in [2.75, 3.05) is 0 Å². The molecule has 0 bridgehead atoms. The zero-order valence-electron chi connectivity index (χ0n) is 3.96. The lowest BCUT2D eigenvalue weighted by Crippen LogP contribution is -1.42. The van der Waals surface area contributed by atoms with Gasteiger partial charge in [0.2, 0.25) is 0 Å². The van der Waals surface area contributed by atoms with E-state index in [4.69, 9.17) is 14.4 Å². The van der Waals surface area contributed by atoms with Gasteiger partial charge >= 0.3 is 8.25 Å². The Balaban J connectivity index is 0. The first kappa shape index (κ1) is 11.4. The predicted octanol–water partition coefficient (Wildman–Crippen LogP) is 1.32. The molecule has 54 valence electrons. The van der Waals surface area contributed by atoms with Crippen LogP contribution in [0.3, 0.4) is 0 Å². The van der Waals surface area contributed by atoms with Crippen LogP contribution in [-0.2, 0) is 4.57 Å². The summed E-state index contributed by atoms with van der Waals surface area (Å²) < 4.78 is 39.4. The van der Waals surface area contributed by atoms with Gasteiger partial charge in [-0.1, -0.05) is 0 Å². The Labute approximate surface area is 49.4 Å². The Morgan fingerprint density at radius 3 is 1.56 bits per heavy atom. The van der Waals surface area contributed by atoms with Gasteiger partial charge in [-0.05, 0) is 0 Å². The molecule has 0 aliphatic rings. The molecule has 2 N–H and O–H groups in total. The maximum atomic E-state index is 10.2. The highest BCUT2D eigenvalue weighted by atomic mass is 31.1. The van der Waals surface area contributed by atoms with Crippen LogP contribution >= 0.6 is 8.25 Å². The van der Waals surface area contributed by atoms with Gasteiger partial charge in [-0.25, -0.2) is 4.39 Å². The molecule has 0 unspecified atom stereocenters. The van der Waals surface area contributed by atoms with Crippen LogP contribution < -0.4 is 0 Å². The molecule has 7 heteroatoms. The molecule has 0 fully saturated rings. The Morgan fingerprint density at radius 2 is 1.56 bits per heavy atom. The number of hydrogen-bond acceptors (Lipinski definition) is 1. The first-order chi connectivity index (χ1) is 4.00. The molecule has 0 aromatic rings. The van der Waals surface area contributed by atoms with Gasteiger partial charge in [0, 0.05) is 4.57 Å². The van der Waals surface area contributed by atoms with E-state index in [1.165, 1.54) is 0 Å². The summed E-state index contributed by atoms with van der Waals surface area (Å²) in [5.41, 5.74) is 0. The van der Waals surface area contributed by atoms with E-state index < -0.39 is 20.7 Å². The maximum absolute atomic E-state index is 10.2. The molecule has 0 heterocycles. The summed E-state index contributed by atoms with van der Waals surface area (Å²) in [6, 6.07) is 0. The lowest BCUT2D eigenvalue weighted by Gasteiger charge is -1.59. The fourth-order valence-electron chi connectivity index (χ4n) is 0. The molecule has 0 saturated heterocycles. The minimum absolute atomic E-state index is 0.750. The van der Waals surface area contributed by atoms with Crippen molar-refractivity contribution in [3.05, 3.63) is 12.4 Å². The van der Waals surface area contributed by atoms with E-state index >= 15 is 0 Å². The molecule has 0 radical (unpaired) electrons. The van der Waals surface area contributed by atoms with Crippen molar-refractivity contribution in [1.82, 2.24) is 0 Å². The summed E-state index contributed by atoms with van der Waals surface area (Å²) in [7, 11) is -2.87. The highest BCUT2D eigenvalue weighted by Crippen LogP contribution is 1.98. The summed E-state index contributed by atoms with van der Waals surface area (Å²) in [5.74, 6) is 0. The van der Waals surface area contributed by atoms with E-state index in [2.05, 4.69) is 0 Å². The number of rotatable bonds is 0. The zero-order chi connectivity index (χ0) is 7.86. The third-order valence-electron chi connectivity index (χ3n) is 0.0825. The maximum Gasteiger partial charge on any atom is 0.692 e. The van der Waals surface area contributed by atoms with Gasteiger partial charge < -0.3 is 0 Å². The minimum atomic E-state index is -2.87. The van der Waals surface area contributed by atoms with E-state index in [-0.39, 0.29) is 0 Å². The van der Waals surface area contributed by atoms with Crippen LogP contribution in [0.5, 0.6) is 0 Å². The highest BCUT2D eigenvalue weighted by Gasteiger charge is 1.93. The largest absolute Gasteiger partial charge is 0.692 e. The fourth-order valence-corrected chi connectivity index (χ4v) is 0. The molecular formula is C2H3F3O3P+. The second-order valence-electron chi connectivity index (χ2n) is 0.651. The Kier molecular flexibility index (Phi) is 9.53. The summed E-state index contributed by atoms with van der Waals surface area (Å²) >= 11 is 0. The monoisotopic (exact) mass is 163 g/mol. The van der Waals surface area contributed by atoms with Crippen LogP contribution in [0, 0.1) is 0 Å². The minimum Gasteiger partial charge on any atom is -0.210 e. The van der Waals surface area contributed by atoms with Gasteiger partial charge in [-0.2, -0.15) is 8.78 Å². The Morgan fingerprint density at radius 1 is 1.44 bits per heavy atom. The second-order valence-corrected chi connectivity index (χ2v) is 1.16. The first-order valence-electron chi connectivity index (χ1n) is 1.47.